The fourth-order valence-corrected chi connectivity index (χ4v) is 2.81. The van der Waals surface area contributed by atoms with Crippen LogP contribution in [0, 0.1) is 0 Å². The molecule has 0 N–H and O–H groups in total. The summed E-state index contributed by atoms with van der Waals surface area (Å²) in [5.74, 6) is 0.00642. The number of rotatable bonds is 0. The average Bonchev–Trinajstić information content (AvgIpc) is 2.71. The Balaban J connectivity index is 1.79. The Labute approximate surface area is 123 Å². The van der Waals surface area contributed by atoms with Crippen LogP contribution in [0.3, 0.4) is 0 Å². The van der Waals surface area contributed by atoms with Gasteiger partial charge in [-0.15, -0.1) is 0 Å². The summed E-state index contributed by atoms with van der Waals surface area (Å²) in [5, 5.41) is 0. The quantitative estimate of drug-likeness (QED) is 0.731. The molecule has 6 heteroatoms. The van der Waals surface area contributed by atoms with Crippen molar-refractivity contribution in [2.24, 2.45) is 0 Å². The van der Waals surface area contributed by atoms with E-state index < -0.39 is 5.60 Å². The zero-order chi connectivity index (χ0) is 15.2. The van der Waals surface area contributed by atoms with Gasteiger partial charge in [0.1, 0.15) is 5.60 Å². The molecule has 1 atom stereocenters. The lowest BCUT2D eigenvalue weighted by Gasteiger charge is -2.38. The van der Waals surface area contributed by atoms with Crippen molar-refractivity contribution in [2.45, 2.75) is 32.4 Å². The van der Waals surface area contributed by atoms with Crippen LogP contribution in [0.1, 0.15) is 42.7 Å². The highest BCUT2D eigenvalue weighted by molar-refractivity contribution is 5.99. The SMILES string of the molecule is CC(C)(C)OC(=O)N1CCN2C(=O)c3cnccc3C2C1. The van der Waals surface area contributed by atoms with E-state index in [1.54, 1.807) is 17.3 Å². The molecule has 112 valence electrons. The summed E-state index contributed by atoms with van der Waals surface area (Å²) < 4.78 is 5.41. The average molecular weight is 289 g/mol. The van der Waals surface area contributed by atoms with Crippen LogP contribution < -0.4 is 0 Å². The third kappa shape index (κ3) is 2.46. The number of carbonyl (C=O) groups is 2. The van der Waals surface area contributed by atoms with Gasteiger partial charge in [0.2, 0.25) is 0 Å². The number of ether oxygens (including phenoxy) is 1. The third-order valence-corrected chi connectivity index (χ3v) is 3.74. The Hall–Kier alpha value is -2.11. The van der Waals surface area contributed by atoms with Gasteiger partial charge in [-0.3, -0.25) is 9.78 Å². The van der Waals surface area contributed by atoms with E-state index in [9.17, 15) is 9.59 Å². The number of pyridine rings is 1. The summed E-state index contributed by atoms with van der Waals surface area (Å²) in [4.78, 5) is 32.0. The van der Waals surface area contributed by atoms with Gasteiger partial charge in [-0.25, -0.2) is 4.79 Å². The van der Waals surface area contributed by atoms with E-state index in [0.717, 1.165) is 5.56 Å². The summed E-state index contributed by atoms with van der Waals surface area (Å²) in [6, 6.07) is 1.77. The van der Waals surface area contributed by atoms with Crippen LogP contribution in [0.15, 0.2) is 18.5 Å². The van der Waals surface area contributed by atoms with Gasteiger partial charge >= 0.3 is 6.09 Å². The number of fused-ring (bicyclic) bond motifs is 3. The fourth-order valence-electron chi connectivity index (χ4n) is 2.81. The van der Waals surface area contributed by atoms with Crippen molar-refractivity contribution < 1.29 is 14.3 Å². The molecule has 1 unspecified atom stereocenters. The van der Waals surface area contributed by atoms with Crippen LogP contribution >= 0.6 is 0 Å². The Bertz CT molecular complexity index is 594. The van der Waals surface area contributed by atoms with E-state index in [2.05, 4.69) is 4.98 Å². The maximum Gasteiger partial charge on any atom is 0.410 e. The summed E-state index contributed by atoms with van der Waals surface area (Å²) in [6.07, 6.45) is 2.97. The first-order valence-electron chi connectivity index (χ1n) is 7.09. The number of piperazine rings is 1. The van der Waals surface area contributed by atoms with E-state index in [1.165, 1.54) is 0 Å². The van der Waals surface area contributed by atoms with Crippen LogP contribution in [0.5, 0.6) is 0 Å². The number of hydrogen-bond donors (Lipinski definition) is 0. The van der Waals surface area contributed by atoms with Gasteiger partial charge in [0.15, 0.2) is 0 Å². The normalized spacial score (nSPS) is 21.1. The van der Waals surface area contributed by atoms with E-state index in [4.69, 9.17) is 4.74 Å². The summed E-state index contributed by atoms with van der Waals surface area (Å²) >= 11 is 0. The smallest absolute Gasteiger partial charge is 0.410 e. The van der Waals surface area contributed by atoms with Gasteiger partial charge in [0.05, 0.1) is 11.6 Å². The Morgan fingerprint density at radius 3 is 2.86 bits per heavy atom. The molecule has 1 aromatic heterocycles. The van der Waals surface area contributed by atoms with E-state index in [1.807, 2.05) is 31.7 Å². The highest BCUT2D eigenvalue weighted by Gasteiger charge is 2.42. The molecule has 3 rings (SSSR count). The molecule has 1 saturated heterocycles. The van der Waals surface area contributed by atoms with Crippen LogP contribution in [-0.4, -0.2) is 52.0 Å². The number of nitrogens with zero attached hydrogens (tertiary/aromatic N) is 3. The van der Waals surface area contributed by atoms with Crippen LogP contribution in [0.2, 0.25) is 0 Å². The van der Waals surface area contributed by atoms with Crippen molar-refractivity contribution >= 4 is 12.0 Å². The summed E-state index contributed by atoms with van der Waals surface area (Å²) in [5.41, 5.74) is 1.08. The topological polar surface area (TPSA) is 62.7 Å². The molecule has 0 aliphatic carbocycles. The maximum absolute atomic E-state index is 12.3. The lowest BCUT2D eigenvalue weighted by atomic mass is 10.1. The Morgan fingerprint density at radius 1 is 1.38 bits per heavy atom. The maximum atomic E-state index is 12.3. The van der Waals surface area contributed by atoms with Crippen LogP contribution in [0.4, 0.5) is 4.79 Å². The second-order valence-electron chi connectivity index (χ2n) is 6.40. The third-order valence-electron chi connectivity index (χ3n) is 3.74. The van der Waals surface area contributed by atoms with Crippen molar-refractivity contribution in [3.05, 3.63) is 29.6 Å². The summed E-state index contributed by atoms with van der Waals surface area (Å²) in [6.45, 7) is 7.04. The van der Waals surface area contributed by atoms with Crippen LogP contribution in [-0.2, 0) is 4.74 Å². The number of hydrogen-bond acceptors (Lipinski definition) is 4. The zero-order valence-corrected chi connectivity index (χ0v) is 12.5. The Morgan fingerprint density at radius 2 is 2.14 bits per heavy atom. The van der Waals surface area contributed by atoms with Gasteiger partial charge in [0, 0.05) is 32.0 Å². The standard InChI is InChI=1S/C15H19N3O3/c1-15(2,3)21-14(20)17-6-7-18-12(9-17)10-4-5-16-8-11(10)13(18)19/h4-5,8,12H,6-7,9H2,1-3H3. The zero-order valence-electron chi connectivity index (χ0n) is 12.5. The predicted octanol–water partition coefficient (Wildman–Crippen LogP) is 1.83. The van der Waals surface area contributed by atoms with Crippen molar-refractivity contribution in [3.63, 3.8) is 0 Å². The molecule has 0 aromatic carbocycles. The van der Waals surface area contributed by atoms with Crippen molar-refractivity contribution in [1.29, 1.82) is 0 Å². The van der Waals surface area contributed by atoms with Gasteiger partial charge in [-0.05, 0) is 32.4 Å². The first-order chi connectivity index (χ1) is 9.87. The van der Waals surface area contributed by atoms with Gasteiger partial charge in [-0.2, -0.15) is 0 Å². The lowest BCUT2D eigenvalue weighted by Crippen LogP contribution is -2.50. The number of aromatic nitrogens is 1. The van der Waals surface area contributed by atoms with Crippen molar-refractivity contribution in [2.75, 3.05) is 19.6 Å². The molecule has 2 aliphatic heterocycles. The predicted molar refractivity (Wildman–Crippen MR) is 75.8 cm³/mol. The van der Waals surface area contributed by atoms with Gasteiger partial charge in [-0.1, -0.05) is 0 Å². The van der Waals surface area contributed by atoms with Crippen LogP contribution in [0.25, 0.3) is 0 Å². The molecule has 0 saturated carbocycles. The summed E-state index contributed by atoms with van der Waals surface area (Å²) in [7, 11) is 0. The van der Waals surface area contributed by atoms with Crippen molar-refractivity contribution in [1.82, 2.24) is 14.8 Å². The number of carbonyl (C=O) groups excluding carboxylic acids is 2. The minimum atomic E-state index is -0.512. The monoisotopic (exact) mass is 289 g/mol. The molecule has 1 aromatic rings. The molecular weight excluding hydrogens is 270 g/mol. The molecule has 0 radical (unpaired) electrons. The minimum Gasteiger partial charge on any atom is -0.444 e. The van der Waals surface area contributed by atoms with E-state index in [0.29, 0.717) is 25.2 Å². The Kier molecular flexibility index (Phi) is 3.11. The molecule has 1 fully saturated rings. The highest BCUT2D eigenvalue weighted by atomic mass is 16.6. The fraction of sp³-hybridized carbons (Fsp3) is 0.533. The van der Waals surface area contributed by atoms with E-state index in [-0.39, 0.29) is 18.0 Å². The first kappa shape index (κ1) is 13.9. The lowest BCUT2D eigenvalue weighted by molar-refractivity contribution is 0.00657. The first-order valence-corrected chi connectivity index (χ1v) is 7.09. The molecule has 0 bridgehead atoms. The largest absolute Gasteiger partial charge is 0.444 e. The molecule has 21 heavy (non-hydrogen) atoms. The highest BCUT2D eigenvalue weighted by Crippen LogP contribution is 2.35. The van der Waals surface area contributed by atoms with E-state index >= 15 is 0 Å². The molecular formula is C15H19N3O3. The second kappa shape index (κ2) is 4.72. The molecule has 2 aliphatic rings. The van der Waals surface area contributed by atoms with Crippen molar-refractivity contribution in [3.8, 4) is 0 Å². The second-order valence-corrected chi connectivity index (χ2v) is 6.40. The molecule has 0 spiro atoms. The minimum absolute atomic E-state index is 0.00642. The number of amides is 2. The van der Waals surface area contributed by atoms with Gasteiger partial charge in [0.25, 0.3) is 5.91 Å². The molecule has 2 amide bonds. The molecule has 3 heterocycles. The van der Waals surface area contributed by atoms with Gasteiger partial charge < -0.3 is 14.5 Å². The molecule has 6 nitrogen and oxygen atoms in total.